The average molecular weight is 1280 g/mol. The van der Waals surface area contributed by atoms with Gasteiger partial charge in [-0.05, 0) is 118 Å². The molecule has 15 rings (SSSR count). The minimum atomic E-state index is -0.487. The van der Waals surface area contributed by atoms with Gasteiger partial charge in [0.15, 0.2) is 0 Å². The Labute approximate surface area is 514 Å². The van der Waals surface area contributed by atoms with E-state index in [-0.39, 0.29) is 37.3 Å². The second-order valence-electron chi connectivity index (χ2n) is 26.1. The van der Waals surface area contributed by atoms with Gasteiger partial charge in [0.2, 0.25) is 0 Å². The van der Waals surface area contributed by atoms with Gasteiger partial charge in [-0.3, -0.25) is 0 Å². The third kappa shape index (κ3) is 8.55. The molecule has 0 saturated heterocycles. The van der Waals surface area contributed by atoms with Crippen LogP contribution in [0.5, 0.6) is 11.5 Å². The van der Waals surface area contributed by atoms with Crippen molar-refractivity contribution in [1.29, 1.82) is 0 Å². The predicted octanol–water partition coefficient (Wildman–Crippen LogP) is 20.5. The van der Waals surface area contributed by atoms with E-state index < -0.39 is 5.41 Å². The number of pyridine rings is 1. The first-order chi connectivity index (χ1) is 40.6. The fraction of sp³-hybridized carbons (Fsp3) is 0.165. The number of anilines is 4. The molecule has 0 atom stereocenters. The number of hydrogen-bond acceptors (Lipinski definition) is 4. The minimum absolute atomic E-state index is 0. The van der Waals surface area contributed by atoms with Crippen molar-refractivity contribution in [3.63, 3.8) is 0 Å². The Hall–Kier alpha value is -8.76. The summed E-state index contributed by atoms with van der Waals surface area (Å²) in [4.78, 5) is 9.71. The number of fused-ring (bicyclic) bond motifs is 14. The van der Waals surface area contributed by atoms with Crippen LogP contribution in [0, 0.1) is 18.8 Å². The fourth-order valence-corrected chi connectivity index (χ4v) is 13.6. The molecule has 0 bridgehead atoms. The molecule has 2 aromatic heterocycles. The molecule has 12 aromatic rings. The van der Waals surface area contributed by atoms with Crippen molar-refractivity contribution >= 4 is 44.6 Å². The topological polar surface area (TPSA) is 33.5 Å². The van der Waals surface area contributed by atoms with Gasteiger partial charge in [0, 0.05) is 72.5 Å². The van der Waals surface area contributed by atoms with Crippen LogP contribution in [0.25, 0.3) is 72.1 Å². The third-order valence-corrected chi connectivity index (χ3v) is 17.8. The van der Waals surface area contributed by atoms with Crippen molar-refractivity contribution < 1.29 is 25.8 Å². The van der Waals surface area contributed by atoms with Gasteiger partial charge >= 0.3 is 0 Å². The van der Waals surface area contributed by atoms with Gasteiger partial charge in [0.25, 0.3) is 0 Å². The number of benzene rings is 10. The summed E-state index contributed by atoms with van der Waals surface area (Å²) in [5, 5.41) is 2.22. The molecule has 0 unspecified atom stereocenters. The first kappa shape index (κ1) is 54.2. The van der Waals surface area contributed by atoms with Crippen molar-refractivity contribution in [3.05, 3.63) is 282 Å². The van der Waals surface area contributed by atoms with Crippen LogP contribution in [0.1, 0.15) is 101 Å². The molecule has 1 spiro atoms. The Morgan fingerprint density at radius 2 is 0.976 bits per heavy atom. The smallest absolute Gasteiger partial charge is 0.135 e. The maximum atomic E-state index is 6.82. The molecule has 5 nitrogen and oxygen atoms in total. The Kier molecular flexibility index (Phi) is 12.7. The van der Waals surface area contributed by atoms with Crippen LogP contribution in [0.3, 0.4) is 0 Å². The van der Waals surface area contributed by atoms with Crippen molar-refractivity contribution in [2.75, 3.05) is 9.80 Å². The third-order valence-electron chi connectivity index (χ3n) is 17.8. The van der Waals surface area contributed by atoms with Crippen molar-refractivity contribution in [2.24, 2.45) is 0 Å². The summed E-state index contributed by atoms with van der Waals surface area (Å²) in [5.74, 6) is 2.01. The van der Waals surface area contributed by atoms with Crippen LogP contribution in [0.4, 0.5) is 22.7 Å². The number of para-hydroxylation sites is 4. The Balaban J connectivity index is 0.00000640. The molecule has 0 fully saturated rings. The molecule has 85 heavy (non-hydrogen) atoms. The summed E-state index contributed by atoms with van der Waals surface area (Å²) in [6.45, 7) is 22.9. The molecule has 0 N–H and O–H groups in total. The van der Waals surface area contributed by atoms with E-state index in [1.807, 2.05) is 18.3 Å². The van der Waals surface area contributed by atoms with E-state index in [1.54, 1.807) is 0 Å². The number of rotatable bonds is 7. The first-order valence-electron chi connectivity index (χ1n) is 29.4. The standard InChI is InChI=1S/C79H65N4O.Pt/c1-76(2,3)51-39-42-73(80-48-51)83-69-36-17-13-27-60(69)61-41-40-56(47-72(61)83)84-55-24-20-23-54(46-55)81-49-82(71-38-19-18-37-70(71)81)75-57(50-43-52(77(4,5)6)45-53(44-50)78(7,8)9)29-21-31-63(75)62-30-22-35-68-74(62)64-28-12-16-34-67(64)79(68)65-32-14-10-25-58(65)59-26-11-15-33-66(59)79;/h10-45,48-49H,1-9H3;/q-3;. The number of aromatic nitrogens is 2. The molecule has 2 aliphatic carbocycles. The van der Waals surface area contributed by atoms with Crippen LogP contribution in [-0.4, -0.2) is 9.55 Å². The van der Waals surface area contributed by atoms with Crippen molar-refractivity contribution in [3.8, 4) is 61.8 Å². The SMILES string of the molecule is CC(C)(C)c1ccc(-n2c3[c-]c(Oc4[c-]c(N5[CH-]N(c6c(-c7cc(C(C)(C)C)cc(C(C)(C)C)c7)cccc6-c6cccc7c6-c6ccccc6C76c7ccccc7-c7ccccc76)c6ccccc65)ccc4)ccc3c3ccccc32)nc1.[Pt]. The number of nitrogens with zero attached hydrogens (tertiary/aromatic N) is 4. The Bertz CT molecular complexity index is 4560. The quantitative estimate of drug-likeness (QED) is 0.149. The van der Waals surface area contributed by atoms with Gasteiger partial charge < -0.3 is 19.1 Å². The molecule has 420 valence electrons. The van der Waals surface area contributed by atoms with Gasteiger partial charge in [-0.2, -0.15) is 12.1 Å². The zero-order valence-electron chi connectivity index (χ0n) is 49.5. The van der Waals surface area contributed by atoms with E-state index >= 15 is 0 Å². The molecule has 3 aliphatic rings. The number of hydrogen-bond donors (Lipinski definition) is 0. The summed E-state index contributed by atoms with van der Waals surface area (Å²) in [6, 6.07) is 87.8. The fourth-order valence-electron chi connectivity index (χ4n) is 13.6. The van der Waals surface area contributed by atoms with E-state index in [1.165, 1.54) is 72.3 Å². The molecule has 1 aliphatic heterocycles. The van der Waals surface area contributed by atoms with Gasteiger partial charge in [-0.1, -0.05) is 232 Å². The van der Waals surface area contributed by atoms with Crippen LogP contribution < -0.4 is 14.5 Å². The summed E-state index contributed by atoms with van der Waals surface area (Å²) in [6.07, 6.45) is 1.99. The molecule has 0 radical (unpaired) electrons. The van der Waals surface area contributed by atoms with Crippen LogP contribution in [0.15, 0.2) is 225 Å². The van der Waals surface area contributed by atoms with Crippen LogP contribution in [0.2, 0.25) is 0 Å². The van der Waals surface area contributed by atoms with E-state index in [0.29, 0.717) is 11.5 Å². The van der Waals surface area contributed by atoms with Crippen molar-refractivity contribution in [1.82, 2.24) is 9.55 Å². The monoisotopic (exact) mass is 1280 g/mol. The van der Waals surface area contributed by atoms with Crippen LogP contribution >= 0.6 is 0 Å². The van der Waals surface area contributed by atoms with Gasteiger partial charge in [0.1, 0.15) is 5.82 Å². The van der Waals surface area contributed by atoms with E-state index in [9.17, 15) is 0 Å². The minimum Gasteiger partial charge on any atom is -0.509 e. The maximum absolute atomic E-state index is 6.82. The van der Waals surface area contributed by atoms with Gasteiger partial charge in [0.05, 0.1) is 5.41 Å². The average Bonchev–Trinajstić information content (AvgIpc) is 1.58. The first-order valence-corrected chi connectivity index (χ1v) is 29.4. The van der Waals surface area contributed by atoms with Crippen molar-refractivity contribution in [2.45, 2.75) is 84.0 Å². The van der Waals surface area contributed by atoms with Gasteiger partial charge in [-0.15, -0.1) is 48.1 Å². The molecule has 0 amide bonds. The summed E-state index contributed by atoms with van der Waals surface area (Å²) in [7, 11) is 0. The van der Waals surface area contributed by atoms with Gasteiger partial charge in [-0.25, -0.2) is 4.98 Å². The zero-order chi connectivity index (χ0) is 57.4. The van der Waals surface area contributed by atoms with Crippen LogP contribution in [-0.2, 0) is 42.7 Å². The molecule has 6 heteroatoms. The van der Waals surface area contributed by atoms with E-state index in [0.717, 1.165) is 61.5 Å². The van der Waals surface area contributed by atoms with E-state index in [2.05, 4.69) is 302 Å². The summed E-state index contributed by atoms with van der Waals surface area (Å²) >= 11 is 0. The van der Waals surface area contributed by atoms with E-state index in [4.69, 9.17) is 9.72 Å². The molecule has 0 saturated carbocycles. The molecular formula is C79H65N4OPt-3. The second kappa shape index (κ2) is 19.9. The summed E-state index contributed by atoms with van der Waals surface area (Å²) < 4.78 is 9.02. The largest absolute Gasteiger partial charge is 0.509 e. The molecule has 3 heterocycles. The summed E-state index contributed by atoms with van der Waals surface area (Å²) in [5.41, 5.74) is 24.2. The maximum Gasteiger partial charge on any atom is 0.135 e. The normalized spacial score (nSPS) is 13.8. The molecule has 10 aromatic carbocycles. The zero-order valence-corrected chi connectivity index (χ0v) is 51.7. The Morgan fingerprint density at radius 1 is 0.435 bits per heavy atom. The second-order valence-corrected chi connectivity index (χ2v) is 26.1. The number of ether oxygens (including phenoxy) is 1. The Morgan fingerprint density at radius 3 is 1.65 bits per heavy atom. The predicted molar refractivity (Wildman–Crippen MR) is 347 cm³/mol. The molecular weight excluding hydrogens is 1220 g/mol.